The SMILES string of the molecule is CCC(C)n1c(C)c(CC(C)C(=O)O)c(C)nc1=O. The molecule has 0 radical (unpaired) electrons. The maximum Gasteiger partial charge on any atom is 0.348 e. The molecule has 1 N–H and O–H groups in total. The van der Waals surface area contributed by atoms with Crippen molar-refractivity contribution in [1.29, 1.82) is 0 Å². The van der Waals surface area contributed by atoms with E-state index < -0.39 is 11.9 Å². The molecule has 1 aromatic rings. The number of carboxylic acids is 1. The summed E-state index contributed by atoms with van der Waals surface area (Å²) in [7, 11) is 0. The highest BCUT2D eigenvalue weighted by atomic mass is 16.4. The lowest BCUT2D eigenvalue weighted by Gasteiger charge is -2.20. The van der Waals surface area contributed by atoms with Crippen LogP contribution in [0.4, 0.5) is 0 Å². The number of hydrogen-bond acceptors (Lipinski definition) is 3. The second kappa shape index (κ2) is 5.99. The Hall–Kier alpha value is -1.65. The highest BCUT2D eigenvalue weighted by molar-refractivity contribution is 5.70. The number of rotatable bonds is 5. The number of carbonyl (C=O) groups is 1. The van der Waals surface area contributed by atoms with E-state index in [1.807, 2.05) is 20.8 Å². The van der Waals surface area contributed by atoms with Crippen LogP contribution in [0.3, 0.4) is 0 Å². The Balaban J connectivity index is 3.33. The van der Waals surface area contributed by atoms with Crippen LogP contribution in [0.2, 0.25) is 0 Å². The Labute approximate surface area is 113 Å². The van der Waals surface area contributed by atoms with Gasteiger partial charge in [-0.1, -0.05) is 13.8 Å². The summed E-state index contributed by atoms with van der Waals surface area (Å²) in [6, 6.07) is 0.0690. The molecule has 0 spiro atoms. The zero-order valence-electron chi connectivity index (χ0n) is 12.2. The molecule has 0 saturated heterocycles. The minimum Gasteiger partial charge on any atom is -0.481 e. The Morgan fingerprint density at radius 3 is 2.42 bits per heavy atom. The Morgan fingerprint density at radius 2 is 1.95 bits per heavy atom. The van der Waals surface area contributed by atoms with Crippen LogP contribution in [0.25, 0.3) is 0 Å². The van der Waals surface area contributed by atoms with E-state index in [9.17, 15) is 9.59 Å². The fourth-order valence-corrected chi connectivity index (χ4v) is 2.21. The zero-order valence-corrected chi connectivity index (χ0v) is 12.2. The molecule has 2 atom stereocenters. The summed E-state index contributed by atoms with van der Waals surface area (Å²) in [5.41, 5.74) is 2.08. The van der Waals surface area contributed by atoms with Crippen LogP contribution < -0.4 is 5.69 Å². The van der Waals surface area contributed by atoms with E-state index in [2.05, 4.69) is 4.98 Å². The van der Waals surface area contributed by atoms with Crippen LogP contribution >= 0.6 is 0 Å². The summed E-state index contributed by atoms with van der Waals surface area (Å²) < 4.78 is 1.66. The molecule has 106 valence electrons. The lowest BCUT2D eigenvalue weighted by Crippen LogP contribution is -2.30. The first-order valence-electron chi connectivity index (χ1n) is 6.61. The Kier molecular flexibility index (Phi) is 4.86. The van der Waals surface area contributed by atoms with Gasteiger partial charge in [0.2, 0.25) is 0 Å². The highest BCUT2D eigenvalue weighted by Crippen LogP contribution is 2.18. The summed E-state index contributed by atoms with van der Waals surface area (Å²) in [5, 5.41) is 9.02. The molecule has 1 rings (SSSR count). The van der Waals surface area contributed by atoms with E-state index >= 15 is 0 Å². The smallest absolute Gasteiger partial charge is 0.348 e. The van der Waals surface area contributed by atoms with Gasteiger partial charge in [0.15, 0.2) is 0 Å². The summed E-state index contributed by atoms with van der Waals surface area (Å²) in [4.78, 5) is 27.0. The van der Waals surface area contributed by atoms with Crippen molar-refractivity contribution >= 4 is 5.97 Å². The van der Waals surface area contributed by atoms with Gasteiger partial charge >= 0.3 is 11.7 Å². The molecular weight excluding hydrogens is 244 g/mol. The molecule has 5 heteroatoms. The van der Waals surface area contributed by atoms with Crippen molar-refractivity contribution in [3.63, 3.8) is 0 Å². The van der Waals surface area contributed by atoms with Crippen molar-refractivity contribution in [3.8, 4) is 0 Å². The second-order valence-electron chi connectivity index (χ2n) is 5.11. The van der Waals surface area contributed by atoms with E-state index in [1.165, 1.54) is 0 Å². The molecule has 0 fully saturated rings. The van der Waals surface area contributed by atoms with Gasteiger partial charge in [-0.05, 0) is 39.2 Å². The molecule has 5 nitrogen and oxygen atoms in total. The van der Waals surface area contributed by atoms with Crippen molar-refractivity contribution in [2.45, 2.75) is 53.5 Å². The van der Waals surface area contributed by atoms with Crippen molar-refractivity contribution in [1.82, 2.24) is 9.55 Å². The first-order valence-corrected chi connectivity index (χ1v) is 6.61. The van der Waals surface area contributed by atoms with Crippen LogP contribution in [-0.4, -0.2) is 20.6 Å². The second-order valence-corrected chi connectivity index (χ2v) is 5.11. The largest absolute Gasteiger partial charge is 0.481 e. The normalized spacial score (nSPS) is 14.2. The molecule has 19 heavy (non-hydrogen) atoms. The molecule has 1 aromatic heterocycles. The minimum atomic E-state index is -0.833. The van der Waals surface area contributed by atoms with Gasteiger partial charge in [0.1, 0.15) is 0 Å². The predicted molar refractivity (Wildman–Crippen MR) is 73.5 cm³/mol. The quantitative estimate of drug-likeness (QED) is 0.885. The summed E-state index contributed by atoms with van der Waals surface area (Å²) in [5.74, 6) is -1.32. The maximum absolute atomic E-state index is 12.0. The lowest BCUT2D eigenvalue weighted by atomic mass is 9.98. The third-order valence-corrected chi connectivity index (χ3v) is 3.67. The van der Waals surface area contributed by atoms with Crippen molar-refractivity contribution in [2.75, 3.05) is 0 Å². The highest BCUT2D eigenvalue weighted by Gasteiger charge is 2.19. The maximum atomic E-state index is 12.0. The molecule has 0 aromatic carbocycles. The van der Waals surface area contributed by atoms with Gasteiger partial charge in [-0.3, -0.25) is 9.36 Å². The van der Waals surface area contributed by atoms with Crippen molar-refractivity contribution < 1.29 is 9.90 Å². The van der Waals surface area contributed by atoms with Crippen LogP contribution in [0, 0.1) is 19.8 Å². The molecule has 2 unspecified atom stereocenters. The predicted octanol–water partition coefficient (Wildman–Crippen LogP) is 2.09. The zero-order chi connectivity index (χ0) is 14.7. The average molecular weight is 266 g/mol. The topological polar surface area (TPSA) is 72.2 Å². The summed E-state index contributed by atoms with van der Waals surface area (Å²) >= 11 is 0. The first kappa shape index (κ1) is 15.4. The van der Waals surface area contributed by atoms with E-state index in [1.54, 1.807) is 18.4 Å². The van der Waals surface area contributed by atoms with Crippen molar-refractivity contribution in [2.24, 2.45) is 5.92 Å². The first-order chi connectivity index (χ1) is 8.79. The molecule has 0 bridgehead atoms. The van der Waals surface area contributed by atoms with Crippen LogP contribution in [0.1, 0.15) is 50.2 Å². The van der Waals surface area contributed by atoms with Gasteiger partial charge in [0.25, 0.3) is 0 Å². The molecule has 0 aliphatic rings. The van der Waals surface area contributed by atoms with E-state index in [4.69, 9.17) is 5.11 Å². The van der Waals surface area contributed by atoms with Crippen LogP contribution in [0.15, 0.2) is 4.79 Å². The van der Waals surface area contributed by atoms with Crippen LogP contribution in [-0.2, 0) is 11.2 Å². The molecule has 0 aliphatic carbocycles. The number of hydrogen-bond donors (Lipinski definition) is 1. The van der Waals surface area contributed by atoms with Gasteiger partial charge in [0.05, 0.1) is 5.92 Å². The molecule has 0 aliphatic heterocycles. The molecule has 1 heterocycles. The van der Waals surface area contributed by atoms with E-state index in [0.29, 0.717) is 12.1 Å². The fraction of sp³-hybridized carbons (Fsp3) is 0.643. The van der Waals surface area contributed by atoms with Crippen molar-refractivity contribution in [3.05, 3.63) is 27.4 Å². The number of carboxylic acid groups (broad SMARTS) is 1. The lowest BCUT2D eigenvalue weighted by molar-refractivity contribution is -0.141. The van der Waals surface area contributed by atoms with Gasteiger partial charge < -0.3 is 5.11 Å². The van der Waals surface area contributed by atoms with Gasteiger partial charge in [-0.25, -0.2) is 4.79 Å². The summed E-state index contributed by atoms with van der Waals surface area (Å²) in [6.45, 7) is 9.27. The van der Waals surface area contributed by atoms with Crippen LogP contribution in [0.5, 0.6) is 0 Å². The Morgan fingerprint density at radius 1 is 1.37 bits per heavy atom. The summed E-state index contributed by atoms with van der Waals surface area (Å²) in [6.07, 6.45) is 1.23. The number of aromatic nitrogens is 2. The van der Waals surface area contributed by atoms with Gasteiger partial charge in [-0.15, -0.1) is 0 Å². The number of aliphatic carboxylic acids is 1. The number of aryl methyl sites for hydroxylation is 1. The monoisotopic (exact) mass is 266 g/mol. The third-order valence-electron chi connectivity index (χ3n) is 3.67. The average Bonchev–Trinajstić information content (AvgIpc) is 2.33. The van der Waals surface area contributed by atoms with E-state index in [-0.39, 0.29) is 11.7 Å². The third kappa shape index (κ3) is 3.22. The molecular formula is C14H22N2O3. The number of nitrogens with zero attached hydrogens (tertiary/aromatic N) is 2. The van der Waals surface area contributed by atoms with Gasteiger partial charge in [0, 0.05) is 17.4 Å². The molecule has 0 saturated carbocycles. The minimum absolute atomic E-state index is 0.0690. The fourth-order valence-electron chi connectivity index (χ4n) is 2.21. The van der Waals surface area contributed by atoms with E-state index in [0.717, 1.165) is 17.7 Å². The Bertz CT molecular complexity index is 534. The molecule has 0 amide bonds. The standard InChI is InChI=1S/C14H22N2O3/c1-6-9(3)16-11(5)12(7-8(2)13(17)18)10(4)15-14(16)19/h8-9H,6-7H2,1-5H3,(H,17,18). The van der Waals surface area contributed by atoms with Gasteiger partial charge in [-0.2, -0.15) is 4.98 Å².